The van der Waals surface area contributed by atoms with Gasteiger partial charge in [-0.25, -0.2) is 22.9 Å². The molecule has 11 heteroatoms. The third-order valence-electron chi connectivity index (χ3n) is 4.36. The summed E-state index contributed by atoms with van der Waals surface area (Å²) in [6.45, 7) is 0.227. The van der Waals surface area contributed by atoms with E-state index in [4.69, 9.17) is 0 Å². The van der Waals surface area contributed by atoms with Crippen molar-refractivity contribution < 1.29 is 8.42 Å². The molecule has 3 N–H and O–H groups in total. The molecule has 1 atom stereocenters. The van der Waals surface area contributed by atoms with E-state index in [2.05, 4.69) is 24.8 Å². The quantitative estimate of drug-likeness (QED) is 0.422. The number of hydrogen-bond donors (Lipinski definition) is 3. The predicted octanol–water partition coefficient (Wildman–Crippen LogP) is 0.528. The minimum Gasteiger partial charge on any atom is -0.307 e. The fourth-order valence-electron chi connectivity index (χ4n) is 2.98. The van der Waals surface area contributed by atoms with Crippen LogP contribution in [0.4, 0.5) is 0 Å². The fourth-order valence-corrected chi connectivity index (χ4v) is 4.22. The van der Waals surface area contributed by atoms with E-state index in [-0.39, 0.29) is 22.3 Å². The van der Waals surface area contributed by atoms with Crippen LogP contribution in [0.25, 0.3) is 10.9 Å². The van der Waals surface area contributed by atoms with Gasteiger partial charge in [0.15, 0.2) is 0 Å². The fraction of sp³-hybridized carbons (Fsp3) is 0.111. The minimum atomic E-state index is -3.99. The van der Waals surface area contributed by atoms with E-state index < -0.39 is 27.3 Å². The van der Waals surface area contributed by atoms with Crippen LogP contribution < -0.4 is 16.0 Å². The highest BCUT2D eigenvalue weighted by molar-refractivity contribution is 7.89. The molecule has 4 rings (SSSR count). The van der Waals surface area contributed by atoms with Crippen LogP contribution in [-0.4, -0.2) is 33.2 Å². The van der Waals surface area contributed by atoms with Crippen LogP contribution in [-0.2, 0) is 16.6 Å². The second kappa shape index (κ2) is 7.45. The molecule has 10 nitrogen and oxygen atoms in total. The van der Waals surface area contributed by atoms with Crippen LogP contribution >= 0.6 is 0 Å². The molecule has 29 heavy (non-hydrogen) atoms. The van der Waals surface area contributed by atoms with Gasteiger partial charge < -0.3 is 4.98 Å². The summed E-state index contributed by atoms with van der Waals surface area (Å²) in [6, 6.07) is 12.4. The third kappa shape index (κ3) is 4.00. The molecule has 0 aliphatic heterocycles. The summed E-state index contributed by atoms with van der Waals surface area (Å²) in [7, 11) is -3.99. The topological polar surface area (TPSA) is 143 Å². The maximum atomic E-state index is 13.0. The van der Waals surface area contributed by atoms with E-state index in [1.807, 2.05) is 18.2 Å². The zero-order chi connectivity index (χ0) is 20.4. The smallest absolute Gasteiger partial charge is 0.307 e. The number of aromatic nitrogens is 5. The van der Waals surface area contributed by atoms with Gasteiger partial charge in [-0.05, 0) is 23.8 Å². The van der Waals surface area contributed by atoms with Crippen molar-refractivity contribution in [3.63, 3.8) is 0 Å². The standard InChI is InChI=1S/C18H16N6O4S/c25-17-14-8-13(6-7-15(14)21-18(26)22-17)29(27,28)23-16(9-24-11-19-10-20-24)12-4-2-1-3-5-12/h1-8,10-11,16,23H,9H2,(H2,21,22,25,26). The van der Waals surface area contributed by atoms with Gasteiger partial charge in [0.25, 0.3) is 5.56 Å². The molecule has 2 aromatic carbocycles. The molecule has 0 radical (unpaired) electrons. The molecule has 4 aromatic rings. The molecular weight excluding hydrogens is 396 g/mol. The van der Waals surface area contributed by atoms with Gasteiger partial charge in [0, 0.05) is 0 Å². The van der Waals surface area contributed by atoms with Crippen LogP contribution in [0.1, 0.15) is 11.6 Å². The highest BCUT2D eigenvalue weighted by Gasteiger charge is 2.23. The van der Waals surface area contributed by atoms with E-state index >= 15 is 0 Å². The second-order valence-electron chi connectivity index (χ2n) is 6.32. The number of aromatic amines is 2. The Morgan fingerprint density at radius 3 is 2.59 bits per heavy atom. The Bertz CT molecular complexity index is 1360. The van der Waals surface area contributed by atoms with Crippen molar-refractivity contribution >= 4 is 20.9 Å². The third-order valence-corrected chi connectivity index (χ3v) is 5.83. The number of fused-ring (bicyclic) bond motifs is 1. The van der Waals surface area contributed by atoms with Crippen molar-refractivity contribution in [2.75, 3.05) is 0 Å². The van der Waals surface area contributed by atoms with Gasteiger partial charge in [-0.3, -0.25) is 14.5 Å². The zero-order valence-corrected chi connectivity index (χ0v) is 15.8. The summed E-state index contributed by atoms with van der Waals surface area (Å²) in [5.74, 6) is 0. The van der Waals surface area contributed by atoms with Gasteiger partial charge in [0.1, 0.15) is 12.7 Å². The van der Waals surface area contributed by atoms with Gasteiger partial charge >= 0.3 is 5.69 Å². The van der Waals surface area contributed by atoms with Crippen LogP contribution in [0.3, 0.4) is 0 Å². The van der Waals surface area contributed by atoms with Crippen molar-refractivity contribution in [2.24, 2.45) is 0 Å². The summed E-state index contributed by atoms with van der Waals surface area (Å²) in [4.78, 5) is 31.7. The van der Waals surface area contributed by atoms with E-state index in [0.29, 0.717) is 0 Å². The van der Waals surface area contributed by atoms with Gasteiger partial charge in [0.2, 0.25) is 10.0 Å². The Kier molecular flexibility index (Phi) is 4.82. The van der Waals surface area contributed by atoms with Crippen LogP contribution in [0.2, 0.25) is 0 Å². The molecule has 0 spiro atoms. The SMILES string of the molecule is O=c1[nH]c(=O)c2cc(S(=O)(=O)NC(Cn3cncn3)c3ccccc3)ccc2[nH]1. The number of hydrogen-bond acceptors (Lipinski definition) is 6. The largest absolute Gasteiger partial charge is 0.326 e. The van der Waals surface area contributed by atoms with E-state index in [1.54, 1.807) is 12.1 Å². The lowest BCUT2D eigenvalue weighted by Crippen LogP contribution is -2.32. The number of benzene rings is 2. The van der Waals surface area contributed by atoms with Gasteiger partial charge in [-0.1, -0.05) is 30.3 Å². The molecule has 0 saturated carbocycles. The first kappa shape index (κ1) is 18.8. The lowest BCUT2D eigenvalue weighted by Gasteiger charge is -2.19. The highest BCUT2D eigenvalue weighted by atomic mass is 32.2. The Morgan fingerprint density at radius 1 is 1.07 bits per heavy atom. The summed E-state index contributed by atoms with van der Waals surface area (Å²) in [5, 5.41) is 4.11. The molecule has 0 aliphatic rings. The molecule has 2 heterocycles. The van der Waals surface area contributed by atoms with Crippen molar-refractivity contribution in [3.05, 3.63) is 87.6 Å². The van der Waals surface area contributed by atoms with Crippen molar-refractivity contribution in [1.29, 1.82) is 0 Å². The second-order valence-corrected chi connectivity index (χ2v) is 8.03. The van der Waals surface area contributed by atoms with Crippen LogP contribution in [0, 0.1) is 0 Å². The molecule has 1 unspecified atom stereocenters. The summed E-state index contributed by atoms with van der Waals surface area (Å²) in [6.07, 6.45) is 2.86. The Morgan fingerprint density at radius 2 is 1.86 bits per heavy atom. The molecule has 0 aliphatic carbocycles. The number of H-pyrrole nitrogens is 2. The van der Waals surface area contributed by atoms with Crippen molar-refractivity contribution in [3.8, 4) is 0 Å². The highest BCUT2D eigenvalue weighted by Crippen LogP contribution is 2.20. The van der Waals surface area contributed by atoms with E-state index in [1.165, 1.54) is 35.5 Å². The maximum absolute atomic E-state index is 13.0. The maximum Gasteiger partial charge on any atom is 0.326 e. The van der Waals surface area contributed by atoms with Gasteiger partial charge in [0.05, 0.1) is 28.4 Å². The summed E-state index contributed by atoms with van der Waals surface area (Å²) >= 11 is 0. The predicted molar refractivity (Wildman–Crippen MR) is 105 cm³/mol. The number of nitrogens with zero attached hydrogens (tertiary/aromatic N) is 3. The Balaban J connectivity index is 1.72. The molecule has 0 saturated heterocycles. The number of nitrogens with one attached hydrogen (secondary N) is 3. The molecule has 0 bridgehead atoms. The lowest BCUT2D eigenvalue weighted by atomic mass is 10.1. The molecule has 0 fully saturated rings. The number of rotatable bonds is 6. The Labute approximate surface area is 164 Å². The first-order valence-electron chi connectivity index (χ1n) is 8.58. The minimum absolute atomic E-state index is 0.0695. The average molecular weight is 412 g/mol. The van der Waals surface area contributed by atoms with Crippen molar-refractivity contribution in [1.82, 2.24) is 29.5 Å². The van der Waals surface area contributed by atoms with Gasteiger partial charge in [-0.15, -0.1) is 0 Å². The monoisotopic (exact) mass is 412 g/mol. The Hall–Kier alpha value is -3.57. The lowest BCUT2D eigenvalue weighted by molar-refractivity contribution is 0.482. The van der Waals surface area contributed by atoms with E-state index in [9.17, 15) is 18.0 Å². The first-order chi connectivity index (χ1) is 13.9. The average Bonchev–Trinajstić information content (AvgIpc) is 3.21. The molecule has 2 aromatic heterocycles. The normalized spacial score (nSPS) is 12.8. The molecule has 148 valence electrons. The first-order valence-corrected chi connectivity index (χ1v) is 10.1. The number of sulfonamides is 1. The van der Waals surface area contributed by atoms with E-state index in [0.717, 1.165) is 5.56 Å². The van der Waals surface area contributed by atoms with Gasteiger partial charge in [-0.2, -0.15) is 5.10 Å². The summed E-state index contributed by atoms with van der Waals surface area (Å²) < 4.78 is 30.2. The summed E-state index contributed by atoms with van der Waals surface area (Å²) in [5.41, 5.74) is -0.328. The van der Waals surface area contributed by atoms with Crippen LogP contribution in [0.15, 0.2) is 75.7 Å². The van der Waals surface area contributed by atoms with Crippen molar-refractivity contribution in [2.45, 2.75) is 17.5 Å². The molecule has 0 amide bonds. The molecular formula is C18H16N6O4S. The van der Waals surface area contributed by atoms with Crippen LogP contribution in [0.5, 0.6) is 0 Å². The zero-order valence-electron chi connectivity index (χ0n) is 14.9.